The van der Waals surface area contributed by atoms with Gasteiger partial charge < -0.3 is 4.74 Å². The van der Waals surface area contributed by atoms with E-state index in [0.29, 0.717) is 11.4 Å². The number of aromatic amines is 1. The first-order valence-electron chi connectivity index (χ1n) is 6.41. The van der Waals surface area contributed by atoms with Crippen molar-refractivity contribution in [2.45, 2.75) is 40.2 Å². The number of H-pyrrole nitrogens is 1. The van der Waals surface area contributed by atoms with Crippen LogP contribution in [0.3, 0.4) is 0 Å². The Balaban J connectivity index is 2.37. The fourth-order valence-corrected chi connectivity index (χ4v) is 1.58. The highest BCUT2D eigenvalue weighted by Crippen LogP contribution is 2.10. The molecule has 0 fully saturated rings. The van der Waals surface area contributed by atoms with E-state index >= 15 is 0 Å². The van der Waals surface area contributed by atoms with Crippen molar-refractivity contribution in [3.63, 3.8) is 0 Å². The molecule has 0 aliphatic rings. The zero-order valence-corrected chi connectivity index (χ0v) is 12.6. The van der Waals surface area contributed by atoms with Gasteiger partial charge in [-0.2, -0.15) is 4.98 Å². The highest BCUT2D eigenvalue weighted by atomic mass is 16.6. The summed E-state index contributed by atoms with van der Waals surface area (Å²) in [5.74, 6) is -0.0284. The molecule has 0 aliphatic carbocycles. The lowest BCUT2D eigenvalue weighted by atomic mass is 10.2. The van der Waals surface area contributed by atoms with Crippen LogP contribution in [0.25, 0.3) is 11.2 Å². The maximum absolute atomic E-state index is 11.9. The monoisotopic (exact) mass is 291 g/mol. The van der Waals surface area contributed by atoms with Gasteiger partial charge in [-0.3, -0.25) is 15.1 Å². The minimum atomic E-state index is -0.707. The van der Waals surface area contributed by atoms with Crippen LogP contribution in [0, 0.1) is 13.8 Å². The average molecular weight is 291 g/mol. The van der Waals surface area contributed by atoms with Crippen molar-refractivity contribution in [1.82, 2.24) is 19.9 Å². The molecule has 0 bridgehead atoms. The van der Waals surface area contributed by atoms with E-state index in [1.807, 2.05) is 0 Å². The summed E-state index contributed by atoms with van der Waals surface area (Å²) in [5.41, 5.74) is 0.517. The summed E-state index contributed by atoms with van der Waals surface area (Å²) < 4.78 is 5.09. The molecule has 21 heavy (non-hydrogen) atoms. The van der Waals surface area contributed by atoms with Crippen molar-refractivity contribution in [3.05, 3.63) is 21.7 Å². The van der Waals surface area contributed by atoms with Crippen LogP contribution in [-0.4, -0.2) is 31.6 Å². The lowest BCUT2D eigenvalue weighted by Crippen LogP contribution is -2.28. The first-order valence-corrected chi connectivity index (χ1v) is 6.41. The fourth-order valence-electron chi connectivity index (χ4n) is 1.58. The molecule has 1 amide bonds. The molecule has 112 valence electrons. The molecule has 0 aliphatic heterocycles. The predicted molar refractivity (Wildman–Crippen MR) is 77.3 cm³/mol. The second kappa shape index (κ2) is 5.12. The van der Waals surface area contributed by atoms with E-state index in [0.717, 1.165) is 0 Å². The SMILES string of the molecule is Cc1nc2nc(NC(=O)OC(C)(C)C)[nH]c(=O)c2nc1C. The molecule has 8 heteroatoms. The van der Waals surface area contributed by atoms with Crippen molar-refractivity contribution in [2.24, 2.45) is 0 Å². The second-order valence-corrected chi connectivity index (χ2v) is 5.61. The van der Waals surface area contributed by atoms with Crippen LogP contribution < -0.4 is 10.9 Å². The molecule has 2 rings (SSSR count). The Morgan fingerprint density at radius 2 is 1.76 bits per heavy atom. The number of nitrogens with one attached hydrogen (secondary N) is 2. The molecule has 8 nitrogen and oxygen atoms in total. The number of carbonyl (C=O) groups is 1. The van der Waals surface area contributed by atoms with Gasteiger partial charge in [0.15, 0.2) is 11.2 Å². The highest BCUT2D eigenvalue weighted by Gasteiger charge is 2.17. The molecular formula is C13H17N5O3. The molecule has 0 unspecified atom stereocenters. The van der Waals surface area contributed by atoms with Crippen molar-refractivity contribution in [3.8, 4) is 0 Å². The maximum atomic E-state index is 11.9. The van der Waals surface area contributed by atoms with Crippen LogP contribution in [0.15, 0.2) is 4.79 Å². The van der Waals surface area contributed by atoms with Gasteiger partial charge in [-0.25, -0.2) is 14.8 Å². The normalized spacial score (nSPS) is 11.5. The van der Waals surface area contributed by atoms with Crippen LogP contribution in [0.2, 0.25) is 0 Å². The summed E-state index contributed by atoms with van der Waals surface area (Å²) in [7, 11) is 0. The summed E-state index contributed by atoms with van der Waals surface area (Å²) in [6, 6.07) is 0. The van der Waals surface area contributed by atoms with Crippen molar-refractivity contribution >= 4 is 23.2 Å². The van der Waals surface area contributed by atoms with Gasteiger partial charge in [-0.1, -0.05) is 0 Å². The molecule has 0 saturated heterocycles. The second-order valence-electron chi connectivity index (χ2n) is 5.61. The summed E-state index contributed by atoms with van der Waals surface area (Å²) in [4.78, 5) is 38.4. The van der Waals surface area contributed by atoms with Gasteiger partial charge in [-0.15, -0.1) is 0 Å². The van der Waals surface area contributed by atoms with Gasteiger partial charge in [-0.05, 0) is 34.6 Å². The number of amides is 1. The number of aryl methyl sites for hydroxylation is 2. The van der Waals surface area contributed by atoms with Crippen LogP contribution in [0.4, 0.5) is 10.7 Å². The predicted octanol–water partition coefficient (Wildman–Crippen LogP) is 1.68. The molecular weight excluding hydrogens is 274 g/mol. The Hall–Kier alpha value is -2.51. The lowest BCUT2D eigenvalue weighted by Gasteiger charge is -2.19. The number of rotatable bonds is 1. The summed E-state index contributed by atoms with van der Waals surface area (Å²) in [6.07, 6.45) is -0.707. The first-order chi connectivity index (χ1) is 9.65. The summed E-state index contributed by atoms with van der Waals surface area (Å²) in [6.45, 7) is 8.74. The number of anilines is 1. The third-order valence-corrected chi connectivity index (χ3v) is 2.57. The smallest absolute Gasteiger partial charge is 0.414 e. The molecule has 0 atom stereocenters. The number of hydrogen-bond donors (Lipinski definition) is 2. The number of nitrogens with zero attached hydrogens (tertiary/aromatic N) is 3. The number of fused-ring (bicyclic) bond motifs is 1. The van der Waals surface area contributed by atoms with Crippen LogP contribution in [0.5, 0.6) is 0 Å². The zero-order chi connectivity index (χ0) is 15.8. The molecule has 2 aromatic rings. The molecule has 2 aromatic heterocycles. The Labute approximate surface area is 121 Å². The number of carbonyl (C=O) groups excluding carboxylic acids is 1. The Kier molecular flexibility index (Phi) is 3.63. The van der Waals surface area contributed by atoms with Gasteiger partial charge >= 0.3 is 6.09 Å². The lowest BCUT2D eigenvalue weighted by molar-refractivity contribution is 0.0634. The number of hydrogen-bond acceptors (Lipinski definition) is 6. The van der Waals surface area contributed by atoms with E-state index in [9.17, 15) is 9.59 Å². The van der Waals surface area contributed by atoms with E-state index in [2.05, 4.69) is 25.3 Å². The summed E-state index contributed by atoms with van der Waals surface area (Å²) in [5, 5.41) is 2.37. The minimum Gasteiger partial charge on any atom is -0.444 e. The third kappa shape index (κ3) is 3.53. The minimum absolute atomic E-state index is 0.0284. The largest absolute Gasteiger partial charge is 0.444 e. The van der Waals surface area contributed by atoms with Crippen LogP contribution >= 0.6 is 0 Å². The summed E-state index contributed by atoms with van der Waals surface area (Å²) >= 11 is 0. The molecule has 2 heterocycles. The van der Waals surface area contributed by atoms with Crippen molar-refractivity contribution in [2.75, 3.05) is 5.32 Å². The van der Waals surface area contributed by atoms with E-state index in [4.69, 9.17) is 4.74 Å². The van der Waals surface area contributed by atoms with Crippen LogP contribution in [-0.2, 0) is 4.74 Å². The standard InChI is InChI=1S/C13H17N5O3/c1-6-7(2)15-9-8(14-6)10(19)17-11(16-9)18-12(20)21-13(3,4)5/h1-5H3,(H2,15,16,17,18,19,20). The van der Waals surface area contributed by atoms with Gasteiger partial charge in [0.25, 0.3) is 5.56 Å². The molecule has 0 spiro atoms. The molecule has 2 N–H and O–H groups in total. The van der Waals surface area contributed by atoms with Gasteiger partial charge in [0.1, 0.15) is 5.60 Å². The maximum Gasteiger partial charge on any atom is 0.414 e. The highest BCUT2D eigenvalue weighted by molar-refractivity contribution is 5.83. The van der Waals surface area contributed by atoms with Crippen molar-refractivity contribution < 1.29 is 9.53 Å². The van der Waals surface area contributed by atoms with E-state index in [1.54, 1.807) is 34.6 Å². The molecule has 0 radical (unpaired) electrons. The van der Waals surface area contributed by atoms with Gasteiger partial charge in [0.2, 0.25) is 5.95 Å². The van der Waals surface area contributed by atoms with E-state index in [1.165, 1.54) is 0 Å². The quantitative estimate of drug-likeness (QED) is 0.827. The van der Waals surface area contributed by atoms with E-state index < -0.39 is 17.3 Å². The van der Waals surface area contributed by atoms with Gasteiger partial charge in [0, 0.05) is 0 Å². The van der Waals surface area contributed by atoms with Gasteiger partial charge in [0.05, 0.1) is 11.4 Å². The number of aromatic nitrogens is 4. The molecule has 0 aromatic carbocycles. The van der Waals surface area contributed by atoms with Crippen molar-refractivity contribution in [1.29, 1.82) is 0 Å². The Morgan fingerprint density at radius 1 is 1.14 bits per heavy atom. The Morgan fingerprint density at radius 3 is 2.38 bits per heavy atom. The van der Waals surface area contributed by atoms with E-state index in [-0.39, 0.29) is 17.1 Å². The molecule has 0 saturated carbocycles. The first kappa shape index (κ1) is 14.9. The van der Waals surface area contributed by atoms with Crippen LogP contribution in [0.1, 0.15) is 32.2 Å². The zero-order valence-electron chi connectivity index (χ0n) is 12.6. The topological polar surface area (TPSA) is 110 Å². The Bertz CT molecular complexity index is 761. The average Bonchev–Trinajstić information content (AvgIpc) is 2.29. The fraction of sp³-hybridized carbons (Fsp3) is 0.462. The third-order valence-electron chi connectivity index (χ3n) is 2.57. The number of ether oxygens (including phenoxy) is 1.